The summed E-state index contributed by atoms with van der Waals surface area (Å²) in [5.74, 6) is 0.283. The van der Waals surface area contributed by atoms with Gasteiger partial charge < -0.3 is 5.11 Å². The van der Waals surface area contributed by atoms with Gasteiger partial charge in [0.2, 0.25) is 0 Å². The first kappa shape index (κ1) is 12.7. The molecule has 0 aliphatic heterocycles. The molecule has 18 heavy (non-hydrogen) atoms. The van der Waals surface area contributed by atoms with Gasteiger partial charge in [-0.15, -0.1) is 0 Å². The van der Waals surface area contributed by atoms with Gasteiger partial charge >= 0.3 is 18.9 Å². The van der Waals surface area contributed by atoms with Crippen molar-refractivity contribution in [1.82, 2.24) is 4.98 Å². The fraction of sp³-hybridized carbons (Fsp3) is 0. The summed E-state index contributed by atoms with van der Waals surface area (Å²) in [5, 5.41) is 11.0. The second-order valence-corrected chi connectivity index (χ2v) is 3.90. The molecule has 0 aliphatic carbocycles. The van der Waals surface area contributed by atoms with Crippen molar-refractivity contribution in [2.45, 2.75) is 0 Å². The molecule has 0 aliphatic rings. The van der Waals surface area contributed by atoms with Crippen molar-refractivity contribution in [2.24, 2.45) is 0 Å². The number of para-hydroxylation sites is 2. The summed E-state index contributed by atoms with van der Waals surface area (Å²) in [6, 6.07) is 17.2. The first-order valence-corrected chi connectivity index (χ1v) is 5.48. The molecule has 0 fully saturated rings. The Morgan fingerprint density at radius 3 is 2.33 bits per heavy atom. The number of phenols is 1. The maximum atomic E-state index is 9.90. The van der Waals surface area contributed by atoms with Crippen molar-refractivity contribution in [3.05, 3.63) is 60.8 Å². The molecule has 1 N–H and O–H groups in total. The van der Waals surface area contributed by atoms with Gasteiger partial charge in [-0.3, -0.25) is 4.98 Å². The molecule has 0 atom stereocenters. The zero-order chi connectivity index (χ0) is 11.7. The Balaban J connectivity index is 0.00000120. The Kier molecular flexibility index (Phi) is 3.71. The Morgan fingerprint density at radius 2 is 1.50 bits per heavy atom. The van der Waals surface area contributed by atoms with Gasteiger partial charge in [0, 0.05) is 22.7 Å². The van der Waals surface area contributed by atoms with Crippen LogP contribution in [0, 0.1) is 0 Å². The molecule has 0 saturated carbocycles. The molecule has 3 heteroatoms. The number of aromatic nitrogens is 1. The number of fused-ring (bicyclic) bond motifs is 1. The van der Waals surface area contributed by atoms with Gasteiger partial charge in [0.15, 0.2) is 0 Å². The van der Waals surface area contributed by atoms with E-state index < -0.39 is 0 Å². The molecular formula is C15H12LiNO. The topological polar surface area (TPSA) is 33.1 Å². The summed E-state index contributed by atoms with van der Waals surface area (Å²) >= 11 is 0. The number of hydrogen-bond donors (Lipinski definition) is 1. The van der Waals surface area contributed by atoms with Crippen LogP contribution >= 0.6 is 0 Å². The van der Waals surface area contributed by atoms with Crippen LogP contribution in [0.1, 0.15) is 0 Å². The van der Waals surface area contributed by atoms with E-state index in [1.807, 2.05) is 48.5 Å². The summed E-state index contributed by atoms with van der Waals surface area (Å²) in [4.78, 5) is 4.39. The number of rotatable bonds is 1. The molecule has 2 nitrogen and oxygen atoms in total. The van der Waals surface area contributed by atoms with Crippen LogP contribution in [-0.4, -0.2) is 29.0 Å². The van der Waals surface area contributed by atoms with Crippen LogP contribution in [0.4, 0.5) is 0 Å². The quantitative estimate of drug-likeness (QED) is 0.651. The molecule has 0 spiro atoms. The molecule has 2 aromatic carbocycles. The molecule has 0 radical (unpaired) electrons. The van der Waals surface area contributed by atoms with Crippen LogP contribution in [0.5, 0.6) is 5.75 Å². The third-order valence-electron chi connectivity index (χ3n) is 2.83. The average molecular weight is 229 g/mol. The van der Waals surface area contributed by atoms with Gasteiger partial charge in [0.1, 0.15) is 5.75 Å². The fourth-order valence-electron chi connectivity index (χ4n) is 2.02. The molecule has 0 unspecified atom stereocenters. The van der Waals surface area contributed by atoms with E-state index >= 15 is 0 Å². The first-order valence-electron chi connectivity index (χ1n) is 5.48. The van der Waals surface area contributed by atoms with Gasteiger partial charge in [-0.2, -0.15) is 0 Å². The van der Waals surface area contributed by atoms with Crippen molar-refractivity contribution in [3.63, 3.8) is 0 Å². The van der Waals surface area contributed by atoms with Crippen LogP contribution in [-0.2, 0) is 0 Å². The Hall–Kier alpha value is -1.75. The molecule has 3 rings (SSSR count). The summed E-state index contributed by atoms with van der Waals surface area (Å²) in [7, 11) is 0. The van der Waals surface area contributed by atoms with Crippen molar-refractivity contribution in [1.29, 1.82) is 0 Å². The van der Waals surface area contributed by atoms with Crippen LogP contribution < -0.4 is 0 Å². The standard InChI is InChI=1S/C15H11NO.Li.H/c17-14-9-2-1-7-12(14)13-8-3-5-11-6-4-10-16-15(11)13;;/h1-10,17H;;. The first-order chi connectivity index (χ1) is 8.36. The molecule has 0 amide bonds. The van der Waals surface area contributed by atoms with E-state index in [4.69, 9.17) is 0 Å². The van der Waals surface area contributed by atoms with Crippen LogP contribution in [0.3, 0.4) is 0 Å². The number of nitrogens with zero attached hydrogens (tertiary/aromatic N) is 1. The molecule has 0 bridgehead atoms. The monoisotopic (exact) mass is 229 g/mol. The fourth-order valence-corrected chi connectivity index (χ4v) is 2.02. The number of pyridine rings is 1. The van der Waals surface area contributed by atoms with Gasteiger partial charge in [-0.1, -0.05) is 42.5 Å². The third-order valence-corrected chi connectivity index (χ3v) is 2.83. The van der Waals surface area contributed by atoms with Crippen LogP contribution in [0.15, 0.2) is 60.8 Å². The Bertz CT molecular complexity index is 677. The second kappa shape index (κ2) is 5.26. The zero-order valence-corrected chi connectivity index (χ0v) is 9.17. The summed E-state index contributed by atoms with van der Waals surface area (Å²) in [6.07, 6.45) is 1.77. The van der Waals surface area contributed by atoms with Gasteiger partial charge in [0.05, 0.1) is 5.52 Å². The molecular weight excluding hydrogens is 217 g/mol. The van der Waals surface area contributed by atoms with Gasteiger partial charge in [-0.25, -0.2) is 0 Å². The molecule has 1 aromatic heterocycles. The predicted octanol–water partition coefficient (Wildman–Crippen LogP) is 2.96. The zero-order valence-electron chi connectivity index (χ0n) is 9.17. The maximum absolute atomic E-state index is 9.90. The van der Waals surface area contributed by atoms with Gasteiger partial charge in [0.25, 0.3) is 0 Å². The van der Waals surface area contributed by atoms with Crippen molar-refractivity contribution in [3.8, 4) is 16.9 Å². The van der Waals surface area contributed by atoms with E-state index in [1.54, 1.807) is 12.3 Å². The van der Waals surface area contributed by atoms with E-state index in [0.29, 0.717) is 0 Å². The molecule has 3 aromatic rings. The second-order valence-electron chi connectivity index (χ2n) is 3.90. The van der Waals surface area contributed by atoms with E-state index in [9.17, 15) is 5.11 Å². The number of benzene rings is 2. The van der Waals surface area contributed by atoms with E-state index in [1.165, 1.54) is 0 Å². The van der Waals surface area contributed by atoms with Crippen molar-refractivity contribution in [2.75, 3.05) is 0 Å². The predicted molar refractivity (Wildman–Crippen MR) is 76.0 cm³/mol. The average Bonchev–Trinajstić information content (AvgIpc) is 2.39. The summed E-state index contributed by atoms with van der Waals surface area (Å²) in [6.45, 7) is 0. The molecule has 84 valence electrons. The van der Waals surface area contributed by atoms with E-state index in [-0.39, 0.29) is 24.6 Å². The third kappa shape index (κ3) is 2.13. The van der Waals surface area contributed by atoms with Crippen LogP contribution in [0.25, 0.3) is 22.0 Å². The van der Waals surface area contributed by atoms with Gasteiger partial charge in [-0.05, 0) is 12.1 Å². The van der Waals surface area contributed by atoms with Crippen LogP contribution in [0.2, 0.25) is 0 Å². The summed E-state index contributed by atoms with van der Waals surface area (Å²) in [5.41, 5.74) is 2.69. The molecule has 1 heterocycles. The minimum absolute atomic E-state index is 0. The normalized spacial score (nSPS) is 10.0. The molecule has 0 saturated heterocycles. The van der Waals surface area contributed by atoms with Crippen molar-refractivity contribution < 1.29 is 5.11 Å². The minimum atomic E-state index is 0. The number of hydrogen-bond acceptors (Lipinski definition) is 2. The van der Waals surface area contributed by atoms with Crippen molar-refractivity contribution >= 4 is 29.8 Å². The Labute approximate surface area is 117 Å². The number of aromatic hydroxyl groups is 1. The SMILES string of the molecule is Oc1ccccc1-c1cccc2cccnc12.[LiH]. The van der Waals surface area contributed by atoms with E-state index in [0.717, 1.165) is 22.0 Å². The Morgan fingerprint density at radius 1 is 0.778 bits per heavy atom. The number of phenolic OH excluding ortho intramolecular Hbond substituents is 1. The summed E-state index contributed by atoms with van der Waals surface area (Å²) < 4.78 is 0. The van der Waals surface area contributed by atoms with E-state index in [2.05, 4.69) is 4.98 Å².